The number of rotatable bonds is 4. The molecule has 1 amide bonds. The van der Waals surface area contributed by atoms with Crippen molar-refractivity contribution in [2.45, 2.75) is 39.7 Å². The second-order valence-electron chi connectivity index (χ2n) is 3.66. The van der Waals surface area contributed by atoms with Crippen molar-refractivity contribution in [2.24, 2.45) is 0 Å². The summed E-state index contributed by atoms with van der Waals surface area (Å²) in [5, 5.41) is 9.59. The summed E-state index contributed by atoms with van der Waals surface area (Å²) < 4.78 is 0. The van der Waals surface area contributed by atoms with Crippen LogP contribution in [0.5, 0.6) is 0 Å². The molecule has 0 saturated carbocycles. The fraction of sp³-hybridized carbons (Fsp3) is 0.600. The zero-order valence-electron chi connectivity index (χ0n) is 8.92. The molecule has 0 unspecified atom stereocenters. The minimum atomic E-state index is -0.112. The van der Waals surface area contributed by atoms with Crippen LogP contribution in [0.15, 0.2) is 6.07 Å². The molecule has 0 aliphatic carbocycles. The topological polar surface area (TPSA) is 57.8 Å². The van der Waals surface area contributed by atoms with Gasteiger partial charge in [-0.2, -0.15) is 5.10 Å². The van der Waals surface area contributed by atoms with E-state index in [0.717, 1.165) is 18.5 Å². The number of hydrogen-bond acceptors (Lipinski definition) is 2. The molecule has 0 aromatic carbocycles. The largest absolute Gasteiger partial charge is 0.348 e. The fourth-order valence-electron chi connectivity index (χ4n) is 1.21. The van der Waals surface area contributed by atoms with Crippen molar-refractivity contribution in [1.82, 2.24) is 15.5 Å². The van der Waals surface area contributed by atoms with Crippen molar-refractivity contribution in [1.29, 1.82) is 0 Å². The maximum Gasteiger partial charge on any atom is 0.271 e. The van der Waals surface area contributed by atoms with Gasteiger partial charge in [0.05, 0.1) is 0 Å². The molecule has 4 nitrogen and oxygen atoms in total. The summed E-state index contributed by atoms with van der Waals surface area (Å²) in [4.78, 5) is 11.5. The molecule has 4 heteroatoms. The van der Waals surface area contributed by atoms with Crippen molar-refractivity contribution in [3.63, 3.8) is 0 Å². The molecular weight excluding hydrogens is 178 g/mol. The van der Waals surface area contributed by atoms with Gasteiger partial charge in [0.2, 0.25) is 0 Å². The van der Waals surface area contributed by atoms with E-state index in [1.807, 2.05) is 13.8 Å². The van der Waals surface area contributed by atoms with Crippen molar-refractivity contribution < 1.29 is 4.79 Å². The summed E-state index contributed by atoms with van der Waals surface area (Å²) in [5.74, 6) is -0.112. The zero-order valence-corrected chi connectivity index (χ0v) is 8.92. The van der Waals surface area contributed by atoms with Crippen LogP contribution in [0.1, 0.15) is 43.4 Å². The number of aromatic amines is 1. The SMILES string of the molecule is CCCc1cc(C(=O)NC(C)C)n[nH]1. The van der Waals surface area contributed by atoms with Gasteiger partial charge in [-0.25, -0.2) is 0 Å². The summed E-state index contributed by atoms with van der Waals surface area (Å²) in [5.41, 5.74) is 1.49. The number of hydrogen-bond donors (Lipinski definition) is 2. The average Bonchev–Trinajstić information content (AvgIpc) is 2.52. The minimum Gasteiger partial charge on any atom is -0.348 e. The molecule has 0 atom stereocenters. The van der Waals surface area contributed by atoms with Crippen LogP contribution in [-0.2, 0) is 6.42 Å². The van der Waals surface area contributed by atoms with Gasteiger partial charge in [0.1, 0.15) is 5.69 Å². The van der Waals surface area contributed by atoms with E-state index in [9.17, 15) is 4.79 Å². The lowest BCUT2D eigenvalue weighted by Gasteiger charge is -2.04. The number of amides is 1. The van der Waals surface area contributed by atoms with Crippen LogP contribution in [0, 0.1) is 0 Å². The van der Waals surface area contributed by atoms with E-state index in [2.05, 4.69) is 22.4 Å². The van der Waals surface area contributed by atoms with Crippen molar-refractivity contribution in [3.8, 4) is 0 Å². The average molecular weight is 195 g/mol. The van der Waals surface area contributed by atoms with E-state index in [-0.39, 0.29) is 11.9 Å². The van der Waals surface area contributed by atoms with E-state index in [4.69, 9.17) is 0 Å². The van der Waals surface area contributed by atoms with E-state index in [1.165, 1.54) is 0 Å². The zero-order chi connectivity index (χ0) is 10.6. The lowest BCUT2D eigenvalue weighted by Crippen LogP contribution is -2.30. The minimum absolute atomic E-state index is 0.112. The van der Waals surface area contributed by atoms with E-state index < -0.39 is 0 Å². The quantitative estimate of drug-likeness (QED) is 0.765. The van der Waals surface area contributed by atoms with Crippen LogP contribution in [0.4, 0.5) is 0 Å². The predicted molar refractivity (Wildman–Crippen MR) is 55.2 cm³/mol. The van der Waals surface area contributed by atoms with Crippen molar-refractivity contribution >= 4 is 5.91 Å². The molecule has 0 aliphatic rings. The Morgan fingerprint density at radius 1 is 1.64 bits per heavy atom. The number of nitrogens with zero attached hydrogens (tertiary/aromatic N) is 1. The van der Waals surface area contributed by atoms with Crippen molar-refractivity contribution in [3.05, 3.63) is 17.5 Å². The maximum atomic E-state index is 11.5. The Balaban J connectivity index is 2.62. The molecule has 1 aromatic rings. The van der Waals surface area contributed by atoms with Gasteiger partial charge in [0.25, 0.3) is 5.91 Å². The van der Waals surface area contributed by atoms with Gasteiger partial charge in [-0.1, -0.05) is 13.3 Å². The summed E-state index contributed by atoms with van der Waals surface area (Å²) in [6.07, 6.45) is 1.98. The van der Waals surface area contributed by atoms with Crippen LogP contribution in [0.25, 0.3) is 0 Å². The first-order chi connectivity index (χ1) is 6.63. The number of nitrogens with one attached hydrogen (secondary N) is 2. The molecular formula is C10H17N3O. The number of carbonyl (C=O) groups is 1. The lowest BCUT2D eigenvalue weighted by molar-refractivity contribution is 0.0938. The Morgan fingerprint density at radius 2 is 2.36 bits per heavy atom. The van der Waals surface area contributed by atoms with Gasteiger partial charge >= 0.3 is 0 Å². The number of carbonyl (C=O) groups excluding carboxylic acids is 1. The highest BCUT2D eigenvalue weighted by atomic mass is 16.2. The van der Waals surface area contributed by atoms with Gasteiger partial charge in [0, 0.05) is 11.7 Å². The summed E-state index contributed by atoms with van der Waals surface area (Å²) in [7, 11) is 0. The Kier molecular flexibility index (Phi) is 3.68. The first kappa shape index (κ1) is 10.8. The normalized spacial score (nSPS) is 10.6. The molecule has 14 heavy (non-hydrogen) atoms. The van der Waals surface area contributed by atoms with Gasteiger partial charge in [-0.15, -0.1) is 0 Å². The molecule has 1 heterocycles. The molecule has 1 rings (SSSR count). The molecule has 0 aliphatic heterocycles. The molecule has 1 aromatic heterocycles. The Hall–Kier alpha value is -1.32. The first-order valence-electron chi connectivity index (χ1n) is 4.98. The van der Waals surface area contributed by atoms with Crippen LogP contribution in [0.3, 0.4) is 0 Å². The number of aryl methyl sites for hydroxylation is 1. The lowest BCUT2D eigenvalue weighted by atomic mass is 10.2. The van der Waals surface area contributed by atoms with Crippen LogP contribution >= 0.6 is 0 Å². The molecule has 0 fully saturated rings. The Labute approximate surface area is 84.1 Å². The van der Waals surface area contributed by atoms with E-state index >= 15 is 0 Å². The highest BCUT2D eigenvalue weighted by Gasteiger charge is 2.10. The van der Waals surface area contributed by atoms with Gasteiger partial charge in [-0.3, -0.25) is 9.89 Å². The number of aromatic nitrogens is 2. The molecule has 0 radical (unpaired) electrons. The third-order valence-electron chi connectivity index (χ3n) is 1.80. The summed E-state index contributed by atoms with van der Waals surface area (Å²) in [6, 6.07) is 1.95. The first-order valence-corrected chi connectivity index (χ1v) is 4.98. The third-order valence-corrected chi connectivity index (χ3v) is 1.80. The molecule has 2 N–H and O–H groups in total. The number of H-pyrrole nitrogens is 1. The Bertz CT molecular complexity index is 304. The highest BCUT2D eigenvalue weighted by Crippen LogP contribution is 2.02. The summed E-state index contributed by atoms with van der Waals surface area (Å²) >= 11 is 0. The van der Waals surface area contributed by atoms with Crippen LogP contribution in [-0.4, -0.2) is 22.1 Å². The van der Waals surface area contributed by atoms with E-state index in [1.54, 1.807) is 6.07 Å². The van der Waals surface area contributed by atoms with Gasteiger partial charge in [-0.05, 0) is 26.3 Å². The smallest absolute Gasteiger partial charge is 0.271 e. The monoisotopic (exact) mass is 195 g/mol. The van der Waals surface area contributed by atoms with Crippen LogP contribution in [0.2, 0.25) is 0 Å². The molecule has 78 valence electrons. The van der Waals surface area contributed by atoms with Gasteiger partial charge in [0.15, 0.2) is 0 Å². The molecule has 0 bridgehead atoms. The Morgan fingerprint density at radius 3 is 2.93 bits per heavy atom. The van der Waals surface area contributed by atoms with Crippen molar-refractivity contribution in [2.75, 3.05) is 0 Å². The van der Waals surface area contributed by atoms with Crippen LogP contribution < -0.4 is 5.32 Å². The predicted octanol–water partition coefficient (Wildman–Crippen LogP) is 1.50. The van der Waals surface area contributed by atoms with Gasteiger partial charge < -0.3 is 5.32 Å². The summed E-state index contributed by atoms with van der Waals surface area (Å²) in [6.45, 7) is 5.95. The standard InChI is InChI=1S/C10H17N3O/c1-4-5-8-6-9(13-12-8)10(14)11-7(2)3/h6-7H,4-5H2,1-3H3,(H,11,14)(H,12,13). The highest BCUT2D eigenvalue weighted by molar-refractivity contribution is 5.92. The fourth-order valence-corrected chi connectivity index (χ4v) is 1.21. The second-order valence-corrected chi connectivity index (χ2v) is 3.66. The molecule has 0 spiro atoms. The van der Waals surface area contributed by atoms with E-state index in [0.29, 0.717) is 5.69 Å². The maximum absolute atomic E-state index is 11.5. The third kappa shape index (κ3) is 2.87. The molecule has 0 saturated heterocycles. The second kappa shape index (κ2) is 4.79.